The molecule has 2 aromatic rings. The fraction of sp³-hybridized carbons (Fsp3) is 0.462. The number of aryl methyl sites for hydroxylation is 1. The van der Waals surface area contributed by atoms with Gasteiger partial charge in [-0.25, -0.2) is 4.79 Å². The zero-order valence-electron chi connectivity index (χ0n) is 19.7. The van der Waals surface area contributed by atoms with Crippen LogP contribution in [0.3, 0.4) is 0 Å². The number of carbonyl (C=O) groups is 2. The highest BCUT2D eigenvalue weighted by Crippen LogP contribution is 2.49. The van der Waals surface area contributed by atoms with Gasteiger partial charge >= 0.3 is 12.0 Å². The number of hydrogen-bond donors (Lipinski definition) is 3. The van der Waals surface area contributed by atoms with Crippen molar-refractivity contribution in [1.82, 2.24) is 0 Å². The van der Waals surface area contributed by atoms with Gasteiger partial charge in [-0.15, -0.1) is 0 Å². The van der Waals surface area contributed by atoms with Gasteiger partial charge in [0.2, 0.25) is 0 Å². The number of para-hydroxylation sites is 1. The van der Waals surface area contributed by atoms with Gasteiger partial charge in [0, 0.05) is 18.8 Å². The van der Waals surface area contributed by atoms with E-state index < -0.39 is 5.97 Å². The number of anilines is 3. The predicted molar refractivity (Wildman–Crippen MR) is 131 cm³/mol. The van der Waals surface area contributed by atoms with Crippen molar-refractivity contribution in [1.29, 1.82) is 0 Å². The fourth-order valence-corrected chi connectivity index (χ4v) is 4.14. The van der Waals surface area contributed by atoms with Gasteiger partial charge in [-0.3, -0.25) is 4.79 Å². The van der Waals surface area contributed by atoms with Gasteiger partial charge in [0.05, 0.1) is 17.3 Å². The first-order valence-electron chi connectivity index (χ1n) is 11.4. The van der Waals surface area contributed by atoms with Crippen LogP contribution in [0.2, 0.25) is 0 Å². The van der Waals surface area contributed by atoms with Crippen LogP contribution >= 0.6 is 0 Å². The molecule has 2 unspecified atom stereocenters. The van der Waals surface area contributed by atoms with Crippen molar-refractivity contribution < 1.29 is 14.7 Å². The lowest BCUT2D eigenvalue weighted by Crippen LogP contribution is -2.32. The summed E-state index contributed by atoms with van der Waals surface area (Å²) in [4.78, 5) is 26.6. The summed E-state index contributed by atoms with van der Waals surface area (Å²) in [6.07, 6.45) is 0.644. The molecule has 2 aromatic carbocycles. The van der Waals surface area contributed by atoms with Crippen LogP contribution in [0, 0.1) is 24.7 Å². The number of urea groups is 1. The van der Waals surface area contributed by atoms with Crippen molar-refractivity contribution in [3.05, 3.63) is 53.6 Å². The number of nitrogens with zero attached hydrogens (tertiary/aromatic N) is 1. The molecular formula is C26H35N3O3. The van der Waals surface area contributed by atoms with Gasteiger partial charge in [0.25, 0.3) is 0 Å². The minimum Gasteiger partial charge on any atom is -0.481 e. The Morgan fingerprint density at radius 2 is 1.62 bits per heavy atom. The molecule has 2 atom stereocenters. The number of rotatable bonds is 9. The molecule has 0 aliphatic heterocycles. The normalized spacial score (nSPS) is 17.3. The van der Waals surface area contributed by atoms with Gasteiger partial charge < -0.3 is 20.6 Å². The number of aliphatic carboxylic acids is 1. The Balaban J connectivity index is 1.90. The molecule has 32 heavy (non-hydrogen) atoms. The maximum atomic E-state index is 12.9. The first-order chi connectivity index (χ1) is 15.2. The molecule has 1 saturated carbocycles. The standard InChI is InChI=1S/C26H35N3O3/c1-16(2)14-29(15-17(3)4)24-11-10-19(20-13-21(20)25(30)31)12-23(24)28-26(32)27-22-9-7-6-8-18(22)5/h6-12,16-17,20-21H,13-15H2,1-5H3,(H,30,31)(H2,27,28,32). The largest absolute Gasteiger partial charge is 0.481 e. The van der Waals surface area contributed by atoms with Crippen molar-refractivity contribution in [3.63, 3.8) is 0 Å². The topological polar surface area (TPSA) is 81.7 Å². The molecule has 1 aliphatic rings. The summed E-state index contributed by atoms with van der Waals surface area (Å²) in [7, 11) is 0. The molecule has 0 heterocycles. The monoisotopic (exact) mass is 437 g/mol. The Morgan fingerprint density at radius 1 is 1.00 bits per heavy atom. The Labute approximate surface area is 191 Å². The Bertz CT molecular complexity index is 961. The molecule has 6 heteroatoms. The second-order valence-corrected chi connectivity index (χ2v) is 9.65. The van der Waals surface area contributed by atoms with Crippen LogP contribution in [-0.2, 0) is 4.79 Å². The third kappa shape index (κ3) is 6.02. The summed E-state index contributed by atoms with van der Waals surface area (Å²) < 4.78 is 0. The molecule has 172 valence electrons. The van der Waals surface area contributed by atoms with Gasteiger partial charge in [0.15, 0.2) is 0 Å². The lowest BCUT2D eigenvalue weighted by Gasteiger charge is -2.31. The summed E-state index contributed by atoms with van der Waals surface area (Å²) in [6.45, 7) is 12.4. The van der Waals surface area contributed by atoms with Crippen molar-refractivity contribution in [2.24, 2.45) is 17.8 Å². The molecule has 0 aromatic heterocycles. The number of benzene rings is 2. The maximum Gasteiger partial charge on any atom is 0.323 e. The third-order valence-corrected chi connectivity index (χ3v) is 5.71. The zero-order valence-corrected chi connectivity index (χ0v) is 19.7. The van der Waals surface area contributed by atoms with E-state index >= 15 is 0 Å². The fourth-order valence-electron chi connectivity index (χ4n) is 4.14. The van der Waals surface area contributed by atoms with Crippen LogP contribution in [0.1, 0.15) is 51.2 Å². The van der Waals surface area contributed by atoms with Gasteiger partial charge in [-0.1, -0.05) is 52.0 Å². The van der Waals surface area contributed by atoms with E-state index in [2.05, 4.69) is 43.2 Å². The van der Waals surface area contributed by atoms with E-state index in [-0.39, 0.29) is 17.9 Å². The van der Waals surface area contributed by atoms with Crippen LogP contribution in [0.5, 0.6) is 0 Å². The molecular weight excluding hydrogens is 402 g/mol. The summed E-state index contributed by atoms with van der Waals surface area (Å²) in [5.74, 6) is -0.169. The molecule has 0 spiro atoms. The van der Waals surface area contributed by atoms with Crippen LogP contribution in [0.4, 0.5) is 21.9 Å². The molecule has 1 fully saturated rings. The van der Waals surface area contributed by atoms with Crippen molar-refractivity contribution in [2.75, 3.05) is 28.6 Å². The van der Waals surface area contributed by atoms with Gasteiger partial charge in [-0.05, 0) is 60.4 Å². The minimum absolute atomic E-state index is 0.00479. The quantitative estimate of drug-likeness (QED) is 0.453. The Kier molecular flexibility index (Phi) is 7.44. The third-order valence-electron chi connectivity index (χ3n) is 5.71. The van der Waals surface area contributed by atoms with E-state index in [0.717, 1.165) is 35.6 Å². The van der Waals surface area contributed by atoms with E-state index in [4.69, 9.17) is 0 Å². The molecule has 0 saturated heterocycles. The first-order valence-corrected chi connectivity index (χ1v) is 11.4. The lowest BCUT2D eigenvalue weighted by atomic mass is 10.0. The Morgan fingerprint density at radius 3 is 2.19 bits per heavy atom. The summed E-state index contributed by atoms with van der Waals surface area (Å²) in [5, 5.41) is 15.3. The predicted octanol–water partition coefficient (Wildman–Crippen LogP) is 5.95. The zero-order chi connectivity index (χ0) is 23.4. The average Bonchev–Trinajstić information content (AvgIpc) is 3.50. The van der Waals surface area contributed by atoms with E-state index in [0.29, 0.717) is 23.9 Å². The highest BCUT2D eigenvalue weighted by Gasteiger charge is 2.44. The van der Waals surface area contributed by atoms with Crippen molar-refractivity contribution >= 4 is 29.1 Å². The molecule has 1 aliphatic carbocycles. The van der Waals surface area contributed by atoms with E-state index in [1.54, 1.807) is 0 Å². The number of nitrogens with one attached hydrogen (secondary N) is 2. The Hall–Kier alpha value is -3.02. The number of hydrogen-bond acceptors (Lipinski definition) is 3. The second kappa shape index (κ2) is 10.1. The highest BCUT2D eigenvalue weighted by atomic mass is 16.4. The molecule has 6 nitrogen and oxygen atoms in total. The highest BCUT2D eigenvalue weighted by molar-refractivity contribution is 6.02. The van der Waals surface area contributed by atoms with Crippen LogP contribution in [-0.4, -0.2) is 30.2 Å². The number of amides is 2. The molecule has 3 rings (SSSR count). The molecule has 0 bridgehead atoms. The smallest absolute Gasteiger partial charge is 0.323 e. The number of carboxylic acid groups (broad SMARTS) is 1. The summed E-state index contributed by atoms with van der Waals surface area (Å²) in [5.41, 5.74) is 4.38. The van der Waals surface area contributed by atoms with Gasteiger partial charge in [0.1, 0.15) is 0 Å². The van der Waals surface area contributed by atoms with E-state index in [1.165, 1.54) is 0 Å². The lowest BCUT2D eigenvalue weighted by molar-refractivity contribution is -0.138. The molecule has 3 N–H and O–H groups in total. The minimum atomic E-state index is -0.757. The van der Waals surface area contributed by atoms with Crippen LogP contribution in [0.15, 0.2) is 42.5 Å². The summed E-state index contributed by atoms with van der Waals surface area (Å²) >= 11 is 0. The van der Waals surface area contributed by atoms with Crippen LogP contribution < -0.4 is 15.5 Å². The van der Waals surface area contributed by atoms with E-state index in [9.17, 15) is 14.7 Å². The van der Waals surface area contributed by atoms with Crippen molar-refractivity contribution in [2.45, 2.75) is 47.0 Å². The second-order valence-electron chi connectivity index (χ2n) is 9.65. The van der Waals surface area contributed by atoms with Crippen LogP contribution in [0.25, 0.3) is 0 Å². The van der Waals surface area contributed by atoms with E-state index in [1.807, 2.05) is 49.4 Å². The maximum absolute atomic E-state index is 12.9. The first kappa shape index (κ1) is 23.6. The van der Waals surface area contributed by atoms with Crippen molar-refractivity contribution in [3.8, 4) is 0 Å². The SMILES string of the molecule is Cc1ccccc1NC(=O)Nc1cc(C2CC2C(=O)O)ccc1N(CC(C)C)CC(C)C. The number of carbonyl (C=O) groups excluding carboxylic acids is 1. The average molecular weight is 438 g/mol. The van der Waals surface area contributed by atoms with Gasteiger partial charge in [-0.2, -0.15) is 0 Å². The number of carboxylic acids is 1. The molecule has 2 amide bonds. The summed E-state index contributed by atoms with van der Waals surface area (Å²) in [6, 6.07) is 13.3. The molecule has 0 radical (unpaired) electrons.